The van der Waals surface area contributed by atoms with Gasteiger partial charge in [0.1, 0.15) is 5.82 Å². The van der Waals surface area contributed by atoms with Crippen molar-refractivity contribution in [2.75, 3.05) is 0 Å². The third-order valence-corrected chi connectivity index (χ3v) is 4.52. The minimum atomic E-state index is 0.776. The van der Waals surface area contributed by atoms with Crippen molar-refractivity contribution in [2.45, 2.75) is 20.4 Å². The van der Waals surface area contributed by atoms with Crippen LogP contribution in [0.1, 0.15) is 29.6 Å². The number of benzene rings is 2. The van der Waals surface area contributed by atoms with Crippen molar-refractivity contribution in [1.82, 2.24) is 14.7 Å². The van der Waals surface area contributed by atoms with Crippen LogP contribution in [0.3, 0.4) is 0 Å². The average molecular weight is 342 g/mol. The van der Waals surface area contributed by atoms with Crippen molar-refractivity contribution in [3.8, 4) is 11.3 Å². The molecule has 4 heteroatoms. The summed E-state index contributed by atoms with van der Waals surface area (Å²) in [4.78, 5) is 4.60. The lowest BCUT2D eigenvalue weighted by molar-refractivity contribution is 0.427. The highest BCUT2D eigenvalue weighted by molar-refractivity contribution is 5.66. The molecule has 0 spiro atoms. The molecule has 2 aromatic heterocycles. The summed E-state index contributed by atoms with van der Waals surface area (Å²) in [5.41, 5.74) is 4.14. The third kappa shape index (κ3) is 3.06. The monoisotopic (exact) mass is 342 g/mol. The summed E-state index contributed by atoms with van der Waals surface area (Å²) in [7, 11) is 0. The number of rotatable bonds is 5. The highest BCUT2D eigenvalue weighted by Gasteiger charge is 2.25. The zero-order valence-corrected chi connectivity index (χ0v) is 14.9. The first kappa shape index (κ1) is 16.3. The Morgan fingerprint density at radius 1 is 1.00 bits per heavy atom. The van der Waals surface area contributed by atoms with Crippen LogP contribution in [0, 0.1) is 12.8 Å². The van der Waals surface area contributed by atoms with Crippen molar-refractivity contribution < 1.29 is 4.52 Å². The normalized spacial score (nSPS) is 11.2. The zero-order chi connectivity index (χ0) is 17.9. The first-order valence-corrected chi connectivity index (χ1v) is 8.65. The van der Waals surface area contributed by atoms with E-state index >= 15 is 0 Å². The SMILES string of the molecule is C[C](c1c(C)noc1-c1ccccc1)c1nccn1Cc1ccccc1. The molecule has 4 nitrogen and oxygen atoms in total. The van der Waals surface area contributed by atoms with Gasteiger partial charge in [-0.1, -0.05) is 65.8 Å². The molecule has 0 aliphatic heterocycles. The van der Waals surface area contributed by atoms with Gasteiger partial charge in [-0.15, -0.1) is 0 Å². The Hall–Kier alpha value is -3.14. The molecule has 0 saturated carbocycles. The molecular weight excluding hydrogens is 322 g/mol. The Morgan fingerprint density at radius 3 is 2.42 bits per heavy atom. The Kier molecular flexibility index (Phi) is 4.40. The van der Waals surface area contributed by atoms with Crippen LogP contribution in [0.5, 0.6) is 0 Å². The highest BCUT2D eigenvalue weighted by atomic mass is 16.5. The van der Waals surface area contributed by atoms with Gasteiger partial charge in [0, 0.05) is 30.1 Å². The standard InChI is InChI=1S/C22H20N3O/c1-16(20-17(2)24-26-21(20)19-11-7-4-8-12-19)22-23-13-14-25(22)15-18-9-5-3-6-10-18/h3-14H,15H2,1-2H3. The van der Waals surface area contributed by atoms with Gasteiger partial charge in [-0.2, -0.15) is 0 Å². The molecule has 0 aliphatic rings. The molecule has 0 fully saturated rings. The highest BCUT2D eigenvalue weighted by Crippen LogP contribution is 2.34. The van der Waals surface area contributed by atoms with E-state index in [1.165, 1.54) is 5.56 Å². The predicted octanol–water partition coefficient (Wildman–Crippen LogP) is 4.89. The fourth-order valence-corrected chi connectivity index (χ4v) is 3.26. The summed E-state index contributed by atoms with van der Waals surface area (Å²) in [6.45, 7) is 4.83. The molecule has 4 rings (SSSR count). The smallest absolute Gasteiger partial charge is 0.171 e. The summed E-state index contributed by atoms with van der Waals surface area (Å²) in [6, 6.07) is 20.5. The van der Waals surface area contributed by atoms with Gasteiger partial charge in [0.15, 0.2) is 5.76 Å². The second-order valence-electron chi connectivity index (χ2n) is 6.33. The van der Waals surface area contributed by atoms with Gasteiger partial charge in [0.2, 0.25) is 0 Å². The molecule has 0 N–H and O–H groups in total. The summed E-state index contributed by atoms with van der Waals surface area (Å²) < 4.78 is 7.81. The second kappa shape index (κ2) is 7.00. The molecule has 0 saturated heterocycles. The van der Waals surface area contributed by atoms with Crippen LogP contribution >= 0.6 is 0 Å². The maximum absolute atomic E-state index is 5.65. The van der Waals surface area contributed by atoms with E-state index in [0.717, 1.165) is 40.9 Å². The lowest BCUT2D eigenvalue weighted by Crippen LogP contribution is -2.10. The van der Waals surface area contributed by atoms with E-state index in [1.807, 2.05) is 55.7 Å². The molecule has 2 heterocycles. The molecule has 2 aromatic carbocycles. The van der Waals surface area contributed by atoms with Crippen LogP contribution in [0.4, 0.5) is 0 Å². The quantitative estimate of drug-likeness (QED) is 0.519. The van der Waals surface area contributed by atoms with Crippen LogP contribution in [0.25, 0.3) is 11.3 Å². The fraction of sp³-hybridized carbons (Fsp3) is 0.136. The van der Waals surface area contributed by atoms with E-state index in [4.69, 9.17) is 4.52 Å². The Bertz CT molecular complexity index is 987. The van der Waals surface area contributed by atoms with Crippen LogP contribution in [0.2, 0.25) is 0 Å². The molecule has 0 aliphatic carbocycles. The first-order chi connectivity index (χ1) is 12.7. The number of aromatic nitrogens is 3. The number of aryl methyl sites for hydroxylation is 1. The van der Waals surface area contributed by atoms with Crippen molar-refractivity contribution in [3.05, 3.63) is 102 Å². The number of hydrogen-bond acceptors (Lipinski definition) is 3. The van der Waals surface area contributed by atoms with Crippen LogP contribution < -0.4 is 0 Å². The van der Waals surface area contributed by atoms with Crippen molar-refractivity contribution in [2.24, 2.45) is 0 Å². The van der Waals surface area contributed by atoms with Crippen LogP contribution in [0.15, 0.2) is 77.6 Å². The first-order valence-electron chi connectivity index (χ1n) is 8.65. The van der Waals surface area contributed by atoms with Crippen molar-refractivity contribution in [3.63, 3.8) is 0 Å². The van der Waals surface area contributed by atoms with Gasteiger partial charge in [0.05, 0.1) is 11.6 Å². The molecule has 1 radical (unpaired) electrons. The van der Waals surface area contributed by atoms with Crippen LogP contribution in [-0.4, -0.2) is 14.7 Å². The Balaban J connectivity index is 1.71. The maximum atomic E-state index is 5.65. The van der Waals surface area contributed by atoms with Gasteiger partial charge >= 0.3 is 0 Å². The van der Waals surface area contributed by atoms with E-state index in [0.29, 0.717) is 0 Å². The minimum absolute atomic E-state index is 0.776. The Morgan fingerprint density at radius 2 is 1.69 bits per heavy atom. The number of hydrogen-bond donors (Lipinski definition) is 0. The summed E-state index contributed by atoms with van der Waals surface area (Å²) in [5, 5.41) is 4.20. The summed E-state index contributed by atoms with van der Waals surface area (Å²) >= 11 is 0. The van der Waals surface area contributed by atoms with E-state index in [1.54, 1.807) is 0 Å². The molecule has 0 bridgehead atoms. The van der Waals surface area contributed by atoms with Gasteiger partial charge in [0.25, 0.3) is 0 Å². The molecule has 0 unspecified atom stereocenters. The van der Waals surface area contributed by atoms with Gasteiger partial charge in [-0.3, -0.25) is 0 Å². The lowest BCUT2D eigenvalue weighted by Gasteiger charge is -2.14. The van der Waals surface area contributed by atoms with E-state index in [9.17, 15) is 0 Å². The lowest BCUT2D eigenvalue weighted by atomic mass is 9.95. The number of imidazole rings is 1. The van der Waals surface area contributed by atoms with E-state index in [-0.39, 0.29) is 0 Å². The van der Waals surface area contributed by atoms with Gasteiger partial charge in [-0.25, -0.2) is 4.98 Å². The number of nitrogens with zero attached hydrogens (tertiary/aromatic N) is 3. The third-order valence-electron chi connectivity index (χ3n) is 4.52. The van der Waals surface area contributed by atoms with E-state index in [2.05, 4.69) is 45.9 Å². The molecular formula is C22H20N3O. The summed E-state index contributed by atoms with van der Waals surface area (Å²) in [6.07, 6.45) is 3.85. The topological polar surface area (TPSA) is 43.9 Å². The molecule has 26 heavy (non-hydrogen) atoms. The van der Waals surface area contributed by atoms with E-state index < -0.39 is 0 Å². The fourth-order valence-electron chi connectivity index (χ4n) is 3.26. The average Bonchev–Trinajstić information content (AvgIpc) is 3.29. The molecule has 0 atom stereocenters. The predicted molar refractivity (Wildman–Crippen MR) is 102 cm³/mol. The second-order valence-corrected chi connectivity index (χ2v) is 6.33. The minimum Gasteiger partial charge on any atom is -0.356 e. The molecule has 0 amide bonds. The molecule has 129 valence electrons. The van der Waals surface area contributed by atoms with Gasteiger partial charge in [-0.05, 0) is 19.4 Å². The Labute approximate surface area is 153 Å². The zero-order valence-electron chi connectivity index (χ0n) is 14.9. The maximum Gasteiger partial charge on any atom is 0.171 e. The molecule has 4 aromatic rings. The largest absolute Gasteiger partial charge is 0.356 e. The van der Waals surface area contributed by atoms with Gasteiger partial charge < -0.3 is 9.09 Å². The summed E-state index contributed by atoms with van der Waals surface area (Å²) in [5.74, 6) is 2.77. The van der Waals surface area contributed by atoms with Crippen molar-refractivity contribution in [1.29, 1.82) is 0 Å². The van der Waals surface area contributed by atoms with Crippen LogP contribution in [-0.2, 0) is 6.54 Å². The van der Waals surface area contributed by atoms with Crippen molar-refractivity contribution >= 4 is 0 Å².